The molecule has 222 valence electrons. The normalized spacial score (nSPS) is 16.8. The first-order valence-corrected chi connectivity index (χ1v) is 13.8. The Hall–Kier alpha value is -1.92. The molecule has 3 rings (SSSR count). The Balaban J connectivity index is 1.40. The molecule has 1 aliphatic rings. The molecule has 0 aliphatic carbocycles. The summed E-state index contributed by atoms with van der Waals surface area (Å²) in [6.07, 6.45) is -3.51. The highest BCUT2D eigenvalue weighted by Crippen LogP contribution is 2.26. The van der Waals surface area contributed by atoms with Crippen molar-refractivity contribution in [2.75, 3.05) is 66.3 Å². The van der Waals surface area contributed by atoms with Crippen molar-refractivity contribution >= 4 is 29.1 Å². The second kappa shape index (κ2) is 16.5. The molecular weight excluding hydrogens is 572 g/mol. The SMILES string of the molecule is CN(C(=O)Cc1ccc(Cl)c(Cl)c1)[C@H](CN1CC[C@H](OCCOCCOCCOC(F)(F)F)C1)c1ccccc1. The molecule has 1 heterocycles. The van der Waals surface area contributed by atoms with Crippen molar-refractivity contribution in [1.29, 1.82) is 0 Å². The molecule has 1 aliphatic heterocycles. The zero-order valence-electron chi connectivity index (χ0n) is 22.4. The Morgan fingerprint density at radius 2 is 1.68 bits per heavy atom. The zero-order chi connectivity index (χ0) is 29.0. The zero-order valence-corrected chi connectivity index (χ0v) is 23.9. The van der Waals surface area contributed by atoms with Gasteiger partial charge in [0.25, 0.3) is 0 Å². The fraction of sp³-hybridized carbons (Fsp3) is 0.536. The van der Waals surface area contributed by atoms with Gasteiger partial charge in [-0.25, -0.2) is 0 Å². The summed E-state index contributed by atoms with van der Waals surface area (Å²) >= 11 is 12.2. The van der Waals surface area contributed by atoms with Crippen molar-refractivity contribution in [2.24, 2.45) is 0 Å². The average Bonchev–Trinajstić information content (AvgIpc) is 3.37. The molecule has 0 unspecified atom stereocenters. The maximum absolute atomic E-state index is 13.2. The fourth-order valence-corrected chi connectivity index (χ4v) is 4.73. The number of benzene rings is 2. The molecule has 0 bridgehead atoms. The molecule has 7 nitrogen and oxygen atoms in total. The number of likely N-dealkylation sites (N-methyl/N-ethyl adjacent to an activating group) is 1. The lowest BCUT2D eigenvalue weighted by molar-refractivity contribution is -0.327. The van der Waals surface area contributed by atoms with Crippen LogP contribution in [0.2, 0.25) is 10.0 Å². The van der Waals surface area contributed by atoms with E-state index >= 15 is 0 Å². The maximum atomic E-state index is 13.2. The van der Waals surface area contributed by atoms with E-state index in [1.807, 2.05) is 43.4 Å². The molecule has 0 saturated carbocycles. The molecule has 1 saturated heterocycles. The highest BCUT2D eigenvalue weighted by Gasteiger charge is 2.30. The highest BCUT2D eigenvalue weighted by atomic mass is 35.5. The van der Waals surface area contributed by atoms with Crippen molar-refractivity contribution in [3.63, 3.8) is 0 Å². The second-order valence-electron chi connectivity index (χ2n) is 9.42. The lowest BCUT2D eigenvalue weighted by atomic mass is 10.0. The van der Waals surface area contributed by atoms with Crippen LogP contribution in [-0.2, 0) is 30.2 Å². The molecule has 12 heteroatoms. The summed E-state index contributed by atoms with van der Waals surface area (Å²) in [7, 11) is 1.83. The van der Waals surface area contributed by atoms with Crippen LogP contribution < -0.4 is 0 Å². The van der Waals surface area contributed by atoms with Crippen LogP contribution >= 0.6 is 23.2 Å². The summed E-state index contributed by atoms with van der Waals surface area (Å²) in [5, 5.41) is 0.875. The van der Waals surface area contributed by atoms with E-state index < -0.39 is 13.0 Å². The number of carbonyl (C=O) groups excluding carboxylic acids is 1. The predicted molar refractivity (Wildman–Crippen MR) is 147 cm³/mol. The van der Waals surface area contributed by atoms with E-state index in [4.69, 9.17) is 37.4 Å². The number of nitrogens with zero attached hydrogens (tertiary/aromatic N) is 2. The first-order chi connectivity index (χ1) is 19.1. The van der Waals surface area contributed by atoms with Gasteiger partial charge in [-0.3, -0.25) is 14.4 Å². The van der Waals surface area contributed by atoms with E-state index in [1.165, 1.54) is 0 Å². The molecule has 40 heavy (non-hydrogen) atoms. The summed E-state index contributed by atoms with van der Waals surface area (Å²) in [6, 6.07) is 15.0. The van der Waals surface area contributed by atoms with Gasteiger partial charge in [0, 0.05) is 26.7 Å². The van der Waals surface area contributed by atoms with E-state index in [9.17, 15) is 18.0 Å². The van der Waals surface area contributed by atoms with Gasteiger partial charge in [-0.15, -0.1) is 13.2 Å². The number of amides is 1. The topological polar surface area (TPSA) is 60.5 Å². The first-order valence-electron chi connectivity index (χ1n) is 13.1. The number of ether oxygens (including phenoxy) is 4. The van der Waals surface area contributed by atoms with Crippen LogP contribution in [0.5, 0.6) is 0 Å². The summed E-state index contributed by atoms with van der Waals surface area (Å²) in [5.41, 5.74) is 1.86. The van der Waals surface area contributed by atoms with Crippen LogP contribution in [0.15, 0.2) is 48.5 Å². The van der Waals surface area contributed by atoms with Gasteiger partial charge in [-0.1, -0.05) is 59.6 Å². The minimum atomic E-state index is -4.64. The van der Waals surface area contributed by atoms with Gasteiger partial charge in [0.15, 0.2) is 0 Å². The third-order valence-corrected chi connectivity index (χ3v) is 7.23. The van der Waals surface area contributed by atoms with Gasteiger partial charge in [-0.2, -0.15) is 0 Å². The molecular formula is C28H35Cl2F3N2O5. The molecule has 1 fully saturated rings. The summed E-state index contributed by atoms with van der Waals surface area (Å²) in [4.78, 5) is 17.3. The number of likely N-dealkylation sites (tertiary alicyclic amines) is 1. The lowest BCUT2D eigenvalue weighted by Gasteiger charge is -2.32. The van der Waals surface area contributed by atoms with Gasteiger partial charge >= 0.3 is 6.36 Å². The van der Waals surface area contributed by atoms with Crippen molar-refractivity contribution in [3.8, 4) is 0 Å². The third kappa shape index (κ3) is 11.5. The van der Waals surface area contributed by atoms with E-state index in [-0.39, 0.29) is 44.3 Å². The van der Waals surface area contributed by atoms with Gasteiger partial charge < -0.3 is 19.1 Å². The summed E-state index contributed by atoms with van der Waals surface area (Å²) < 4.78 is 55.7. The average molecular weight is 607 g/mol. The minimum absolute atomic E-state index is 0.0201. The van der Waals surface area contributed by atoms with Crippen LogP contribution in [0.4, 0.5) is 13.2 Å². The van der Waals surface area contributed by atoms with Gasteiger partial charge in [0.1, 0.15) is 0 Å². The summed E-state index contributed by atoms with van der Waals surface area (Å²) in [6.45, 7) is 2.74. The van der Waals surface area contributed by atoms with Crippen LogP contribution in [0.3, 0.4) is 0 Å². The Bertz CT molecular complexity index is 1050. The Morgan fingerprint density at radius 1 is 1.00 bits per heavy atom. The number of hydrogen-bond acceptors (Lipinski definition) is 6. The number of carbonyl (C=O) groups is 1. The standard InChI is InChI=1S/C28H35Cl2F3N2O5/c1-34(27(36)18-21-7-8-24(29)25(30)17-21)26(22-5-3-2-4-6-22)20-35-10-9-23(19-35)39-15-13-37-11-12-38-14-16-40-28(31,32)33/h2-8,17,23,26H,9-16,18-20H2,1H3/t23-,26+/m0/s1. The minimum Gasteiger partial charge on any atom is -0.377 e. The molecule has 2 aromatic rings. The van der Waals surface area contributed by atoms with Crippen LogP contribution in [0, 0.1) is 0 Å². The van der Waals surface area contributed by atoms with Gasteiger partial charge in [0.05, 0.1) is 68.3 Å². The largest absolute Gasteiger partial charge is 0.522 e. The molecule has 0 N–H and O–H groups in total. The monoisotopic (exact) mass is 606 g/mol. The highest BCUT2D eigenvalue weighted by molar-refractivity contribution is 6.42. The maximum Gasteiger partial charge on any atom is 0.522 e. The van der Waals surface area contributed by atoms with Crippen LogP contribution in [0.1, 0.15) is 23.6 Å². The summed E-state index contributed by atoms with van der Waals surface area (Å²) in [5.74, 6) is -0.0201. The Morgan fingerprint density at radius 3 is 2.35 bits per heavy atom. The number of hydrogen-bond donors (Lipinski definition) is 0. The molecule has 2 aromatic carbocycles. The van der Waals surface area contributed by atoms with Crippen molar-refractivity contribution in [2.45, 2.75) is 31.3 Å². The first kappa shape index (κ1) is 32.6. The number of halogens is 5. The van der Waals surface area contributed by atoms with Gasteiger partial charge in [-0.05, 0) is 29.7 Å². The fourth-order valence-electron chi connectivity index (χ4n) is 4.40. The molecule has 0 radical (unpaired) electrons. The molecule has 1 amide bonds. The van der Waals surface area contributed by atoms with E-state index in [0.717, 1.165) is 30.6 Å². The van der Waals surface area contributed by atoms with Crippen molar-refractivity contribution in [3.05, 3.63) is 69.7 Å². The Kier molecular flexibility index (Phi) is 13.4. The van der Waals surface area contributed by atoms with Crippen LogP contribution in [-0.4, -0.2) is 94.5 Å². The van der Waals surface area contributed by atoms with E-state index in [0.29, 0.717) is 29.8 Å². The second-order valence-corrected chi connectivity index (χ2v) is 10.2. The molecule has 0 aromatic heterocycles. The lowest BCUT2D eigenvalue weighted by Crippen LogP contribution is -2.39. The molecule has 0 spiro atoms. The predicted octanol–water partition coefficient (Wildman–Crippen LogP) is 5.40. The quantitative estimate of drug-likeness (QED) is 0.239. The third-order valence-electron chi connectivity index (χ3n) is 6.49. The van der Waals surface area contributed by atoms with E-state index in [2.05, 4.69) is 9.64 Å². The molecule has 2 atom stereocenters. The number of alkyl halides is 3. The smallest absolute Gasteiger partial charge is 0.377 e. The van der Waals surface area contributed by atoms with Crippen molar-refractivity contribution < 1.29 is 36.9 Å². The van der Waals surface area contributed by atoms with Crippen LogP contribution in [0.25, 0.3) is 0 Å². The van der Waals surface area contributed by atoms with E-state index in [1.54, 1.807) is 17.0 Å². The van der Waals surface area contributed by atoms with Crippen molar-refractivity contribution in [1.82, 2.24) is 9.80 Å². The number of rotatable bonds is 16. The Labute approximate surface area is 243 Å². The van der Waals surface area contributed by atoms with Gasteiger partial charge in [0.2, 0.25) is 5.91 Å².